The summed E-state index contributed by atoms with van der Waals surface area (Å²) in [6.45, 7) is 9.33. The molecule has 1 N–H and O–H groups in total. The molecule has 1 aromatic carbocycles. The maximum absolute atomic E-state index is 12.0. The van der Waals surface area contributed by atoms with Crippen molar-refractivity contribution < 1.29 is 9.53 Å². The van der Waals surface area contributed by atoms with E-state index in [1.165, 1.54) is 5.56 Å². The molecule has 3 nitrogen and oxygen atoms in total. The van der Waals surface area contributed by atoms with Gasteiger partial charge in [0.25, 0.3) is 0 Å². The fourth-order valence-corrected chi connectivity index (χ4v) is 1.93. The first-order valence-electron chi connectivity index (χ1n) is 6.86. The number of ether oxygens (including phenoxy) is 1. The molecule has 0 radical (unpaired) electrons. The van der Waals surface area contributed by atoms with E-state index in [2.05, 4.69) is 26.1 Å². The summed E-state index contributed by atoms with van der Waals surface area (Å²) in [5.74, 6) is -0.159. The van der Waals surface area contributed by atoms with Crippen molar-refractivity contribution in [3.8, 4) is 0 Å². The van der Waals surface area contributed by atoms with Crippen LogP contribution < -0.4 is 5.32 Å². The van der Waals surface area contributed by atoms with E-state index in [1.54, 1.807) is 0 Å². The lowest BCUT2D eigenvalue weighted by Crippen LogP contribution is -2.40. The number of esters is 1. The van der Waals surface area contributed by atoms with E-state index in [9.17, 15) is 4.79 Å². The van der Waals surface area contributed by atoms with Crippen LogP contribution in [0.5, 0.6) is 0 Å². The van der Waals surface area contributed by atoms with Crippen LogP contribution in [0.1, 0.15) is 39.7 Å². The summed E-state index contributed by atoms with van der Waals surface area (Å²) >= 11 is 0. The third-order valence-electron chi connectivity index (χ3n) is 2.78. The van der Waals surface area contributed by atoms with Crippen LogP contribution in [-0.2, 0) is 16.1 Å². The molecular formula is C16H25NO2. The van der Waals surface area contributed by atoms with Gasteiger partial charge in [-0.05, 0) is 24.3 Å². The van der Waals surface area contributed by atoms with E-state index in [0.29, 0.717) is 13.2 Å². The Balaban J connectivity index is 2.61. The van der Waals surface area contributed by atoms with Gasteiger partial charge < -0.3 is 10.1 Å². The summed E-state index contributed by atoms with van der Waals surface area (Å²) in [6, 6.07) is 9.83. The molecule has 3 heteroatoms. The fraction of sp³-hybridized carbons (Fsp3) is 0.562. The molecule has 106 valence electrons. The van der Waals surface area contributed by atoms with Crippen molar-refractivity contribution in [2.45, 2.75) is 46.7 Å². The largest absolute Gasteiger partial charge is 0.465 e. The summed E-state index contributed by atoms with van der Waals surface area (Å²) in [7, 11) is 0. The summed E-state index contributed by atoms with van der Waals surface area (Å²) in [5.41, 5.74) is 1.26. The number of carbonyl (C=O) groups excluding carboxylic acids is 1. The van der Waals surface area contributed by atoms with Gasteiger partial charge in [-0.3, -0.25) is 4.79 Å². The van der Waals surface area contributed by atoms with Crippen molar-refractivity contribution in [1.82, 2.24) is 5.32 Å². The smallest absolute Gasteiger partial charge is 0.323 e. The molecule has 0 saturated carbocycles. The summed E-state index contributed by atoms with van der Waals surface area (Å²) in [6.07, 6.45) is 0.763. The minimum atomic E-state index is -0.250. The summed E-state index contributed by atoms with van der Waals surface area (Å²) in [4.78, 5) is 12.0. The van der Waals surface area contributed by atoms with E-state index in [4.69, 9.17) is 4.74 Å². The first-order chi connectivity index (χ1) is 8.92. The monoisotopic (exact) mass is 263 g/mol. The molecule has 0 aliphatic carbocycles. The Labute approximate surface area is 116 Å². The Bertz CT molecular complexity index is 381. The SMILES string of the molecule is CCOC(=O)C(CC(C)(C)C)NCc1ccccc1. The average molecular weight is 263 g/mol. The minimum absolute atomic E-state index is 0.0844. The Morgan fingerprint density at radius 2 is 1.89 bits per heavy atom. The molecule has 1 atom stereocenters. The molecule has 0 aliphatic rings. The number of benzene rings is 1. The third-order valence-corrected chi connectivity index (χ3v) is 2.78. The number of nitrogens with one attached hydrogen (secondary N) is 1. The van der Waals surface area contributed by atoms with Gasteiger partial charge >= 0.3 is 5.97 Å². The van der Waals surface area contributed by atoms with Crippen LogP contribution in [0.2, 0.25) is 0 Å². The van der Waals surface area contributed by atoms with Crippen LogP contribution in [0.4, 0.5) is 0 Å². The zero-order valence-corrected chi connectivity index (χ0v) is 12.4. The molecule has 0 aromatic heterocycles. The van der Waals surface area contributed by atoms with E-state index in [1.807, 2.05) is 37.3 Å². The predicted octanol–water partition coefficient (Wildman–Crippen LogP) is 3.14. The van der Waals surface area contributed by atoms with E-state index in [0.717, 1.165) is 6.42 Å². The number of carbonyl (C=O) groups is 1. The molecule has 0 bridgehead atoms. The minimum Gasteiger partial charge on any atom is -0.465 e. The van der Waals surface area contributed by atoms with E-state index < -0.39 is 0 Å². The van der Waals surface area contributed by atoms with Crippen molar-refractivity contribution in [2.75, 3.05) is 6.61 Å². The Hall–Kier alpha value is -1.35. The first-order valence-corrected chi connectivity index (χ1v) is 6.86. The van der Waals surface area contributed by atoms with Crippen molar-refractivity contribution in [3.63, 3.8) is 0 Å². The maximum atomic E-state index is 12.0. The van der Waals surface area contributed by atoms with Crippen LogP contribution in [0.15, 0.2) is 30.3 Å². The third kappa shape index (κ3) is 6.39. The van der Waals surface area contributed by atoms with Gasteiger partial charge in [-0.15, -0.1) is 0 Å². The van der Waals surface area contributed by atoms with Crippen LogP contribution in [-0.4, -0.2) is 18.6 Å². The highest BCUT2D eigenvalue weighted by Gasteiger charge is 2.25. The highest BCUT2D eigenvalue weighted by atomic mass is 16.5. The van der Waals surface area contributed by atoms with Crippen LogP contribution in [0.3, 0.4) is 0 Å². The van der Waals surface area contributed by atoms with Crippen molar-refractivity contribution in [1.29, 1.82) is 0 Å². The van der Waals surface area contributed by atoms with Crippen LogP contribution >= 0.6 is 0 Å². The lowest BCUT2D eigenvalue weighted by molar-refractivity contribution is -0.146. The van der Waals surface area contributed by atoms with Gasteiger partial charge in [0.15, 0.2) is 0 Å². The molecular weight excluding hydrogens is 238 g/mol. The zero-order valence-electron chi connectivity index (χ0n) is 12.4. The highest BCUT2D eigenvalue weighted by molar-refractivity contribution is 5.75. The van der Waals surface area contributed by atoms with Gasteiger partial charge in [-0.2, -0.15) is 0 Å². The van der Waals surface area contributed by atoms with Crippen LogP contribution in [0, 0.1) is 5.41 Å². The van der Waals surface area contributed by atoms with Gasteiger partial charge in [-0.1, -0.05) is 51.1 Å². The fourth-order valence-electron chi connectivity index (χ4n) is 1.93. The quantitative estimate of drug-likeness (QED) is 0.801. The van der Waals surface area contributed by atoms with Gasteiger partial charge in [0.2, 0.25) is 0 Å². The predicted molar refractivity (Wildman–Crippen MR) is 77.8 cm³/mol. The molecule has 0 amide bonds. The highest BCUT2D eigenvalue weighted by Crippen LogP contribution is 2.21. The topological polar surface area (TPSA) is 38.3 Å². The van der Waals surface area contributed by atoms with Gasteiger partial charge in [-0.25, -0.2) is 0 Å². The van der Waals surface area contributed by atoms with E-state index in [-0.39, 0.29) is 17.4 Å². The lowest BCUT2D eigenvalue weighted by atomic mass is 9.88. The molecule has 1 aromatic rings. The van der Waals surface area contributed by atoms with Gasteiger partial charge in [0.1, 0.15) is 6.04 Å². The standard InChI is InChI=1S/C16H25NO2/c1-5-19-15(18)14(11-16(2,3)4)17-12-13-9-7-6-8-10-13/h6-10,14,17H,5,11-12H2,1-4H3. The molecule has 0 aliphatic heterocycles. The number of rotatable bonds is 6. The zero-order chi connectivity index (χ0) is 14.3. The molecule has 0 spiro atoms. The lowest BCUT2D eigenvalue weighted by Gasteiger charge is -2.25. The second kappa shape index (κ2) is 7.29. The first kappa shape index (κ1) is 15.7. The number of hydrogen-bond acceptors (Lipinski definition) is 3. The Morgan fingerprint density at radius 3 is 2.42 bits per heavy atom. The van der Waals surface area contributed by atoms with Gasteiger partial charge in [0.05, 0.1) is 6.61 Å². The van der Waals surface area contributed by atoms with Crippen molar-refractivity contribution in [2.24, 2.45) is 5.41 Å². The molecule has 19 heavy (non-hydrogen) atoms. The Morgan fingerprint density at radius 1 is 1.26 bits per heavy atom. The molecule has 1 rings (SSSR count). The maximum Gasteiger partial charge on any atom is 0.323 e. The average Bonchev–Trinajstić information content (AvgIpc) is 2.34. The van der Waals surface area contributed by atoms with Crippen molar-refractivity contribution in [3.05, 3.63) is 35.9 Å². The summed E-state index contributed by atoms with van der Waals surface area (Å²) < 4.78 is 5.14. The van der Waals surface area contributed by atoms with Crippen molar-refractivity contribution >= 4 is 5.97 Å². The summed E-state index contributed by atoms with van der Waals surface area (Å²) in [5, 5.41) is 3.30. The number of hydrogen-bond donors (Lipinski definition) is 1. The molecule has 1 unspecified atom stereocenters. The second-order valence-corrected chi connectivity index (χ2v) is 5.94. The molecule has 0 saturated heterocycles. The normalized spacial score (nSPS) is 13.1. The second-order valence-electron chi connectivity index (χ2n) is 5.94. The molecule has 0 heterocycles. The molecule has 0 fully saturated rings. The van der Waals surface area contributed by atoms with Gasteiger partial charge in [0, 0.05) is 6.54 Å². The van der Waals surface area contributed by atoms with E-state index >= 15 is 0 Å². The Kier molecular flexibility index (Phi) is 6.03. The van der Waals surface area contributed by atoms with Crippen LogP contribution in [0.25, 0.3) is 0 Å².